The van der Waals surface area contributed by atoms with E-state index in [0.717, 1.165) is 35.4 Å². The molecule has 1 aromatic rings. The Balaban J connectivity index is 1.91. The molecule has 0 heterocycles. The zero-order valence-electron chi connectivity index (χ0n) is 14.6. The van der Waals surface area contributed by atoms with Gasteiger partial charge in [0.05, 0.1) is 25.1 Å². The predicted octanol–water partition coefficient (Wildman–Crippen LogP) is 3.51. The second-order valence-corrected chi connectivity index (χ2v) is 6.02. The van der Waals surface area contributed by atoms with Crippen LogP contribution in [0.1, 0.15) is 26.7 Å². The van der Waals surface area contributed by atoms with Gasteiger partial charge in [-0.3, -0.25) is 4.79 Å². The molecule has 24 heavy (non-hydrogen) atoms. The fraction of sp³-hybridized carbons (Fsp3) is 0.368. The molecule has 0 spiro atoms. The van der Waals surface area contributed by atoms with Crippen molar-refractivity contribution < 1.29 is 9.53 Å². The maximum absolute atomic E-state index is 12.0. The average Bonchev–Trinajstić information content (AvgIpc) is 2.59. The number of benzene rings is 1. The molecule has 1 aliphatic rings. The van der Waals surface area contributed by atoms with Crippen LogP contribution in [0.25, 0.3) is 0 Å². The second kappa shape index (κ2) is 8.34. The highest BCUT2D eigenvalue weighted by Crippen LogP contribution is 2.26. The van der Waals surface area contributed by atoms with Crippen molar-refractivity contribution >= 4 is 17.3 Å². The van der Waals surface area contributed by atoms with E-state index in [1.807, 2.05) is 38.1 Å². The van der Waals surface area contributed by atoms with Crippen molar-refractivity contribution in [1.82, 2.24) is 5.43 Å². The van der Waals surface area contributed by atoms with Crippen LogP contribution in [0, 0.1) is 5.92 Å². The number of nitrogens with one attached hydrogen (secondary N) is 2. The molecule has 0 bridgehead atoms. The first-order valence-electron chi connectivity index (χ1n) is 8.06. The predicted molar refractivity (Wildman–Crippen MR) is 98.4 cm³/mol. The minimum absolute atomic E-state index is 0.129. The van der Waals surface area contributed by atoms with E-state index in [1.165, 1.54) is 0 Å². The largest absolute Gasteiger partial charge is 0.495 e. The minimum Gasteiger partial charge on any atom is -0.495 e. The van der Waals surface area contributed by atoms with Crippen molar-refractivity contribution in [2.45, 2.75) is 26.7 Å². The third-order valence-corrected chi connectivity index (χ3v) is 4.16. The van der Waals surface area contributed by atoms with Gasteiger partial charge in [-0.2, -0.15) is 5.10 Å². The van der Waals surface area contributed by atoms with Crippen molar-refractivity contribution in [2.24, 2.45) is 11.0 Å². The molecule has 1 amide bonds. The summed E-state index contributed by atoms with van der Waals surface area (Å²) in [5.74, 6) is 0.904. The van der Waals surface area contributed by atoms with Crippen LogP contribution in [0.3, 0.4) is 0 Å². The van der Waals surface area contributed by atoms with Gasteiger partial charge in [-0.25, -0.2) is 5.43 Å². The topological polar surface area (TPSA) is 62.7 Å². The van der Waals surface area contributed by atoms with Gasteiger partial charge in [0.15, 0.2) is 0 Å². The third kappa shape index (κ3) is 4.72. The number of carbonyl (C=O) groups is 1. The highest BCUT2D eigenvalue weighted by atomic mass is 16.5. The van der Waals surface area contributed by atoms with Crippen LogP contribution in [0.5, 0.6) is 5.75 Å². The van der Waals surface area contributed by atoms with Gasteiger partial charge in [-0.1, -0.05) is 30.4 Å². The highest BCUT2D eigenvalue weighted by molar-refractivity contribution is 6.01. The SMILES string of the molecule is C=C(C)[C@@H]1CC=C(C)C(=NNC(=O)CNc2ccccc2OC)C1. The standard InChI is InChI=1S/C19H25N3O2/c1-13(2)15-10-9-14(3)17(11-15)21-22-19(23)12-20-16-7-5-6-8-18(16)24-4/h5-9,15,20H,1,10-12H2,2-4H3,(H,22,23)/t15-/m1/s1. The molecule has 1 aromatic carbocycles. The van der Waals surface area contributed by atoms with Crippen molar-refractivity contribution in [3.05, 3.63) is 48.1 Å². The average molecular weight is 327 g/mol. The Morgan fingerprint density at radius 3 is 2.88 bits per heavy atom. The number of carbonyl (C=O) groups excluding carboxylic acids is 1. The molecular formula is C19H25N3O2. The molecule has 0 fully saturated rings. The van der Waals surface area contributed by atoms with Gasteiger partial charge in [0.1, 0.15) is 5.75 Å². The smallest absolute Gasteiger partial charge is 0.259 e. The number of methoxy groups -OCH3 is 1. The number of rotatable bonds is 6. The van der Waals surface area contributed by atoms with E-state index in [9.17, 15) is 4.79 Å². The van der Waals surface area contributed by atoms with E-state index in [4.69, 9.17) is 4.74 Å². The second-order valence-electron chi connectivity index (χ2n) is 6.02. The first kappa shape index (κ1) is 17.8. The van der Waals surface area contributed by atoms with Gasteiger partial charge >= 0.3 is 0 Å². The van der Waals surface area contributed by atoms with Crippen LogP contribution in [0.15, 0.2) is 53.2 Å². The summed E-state index contributed by atoms with van der Waals surface area (Å²) < 4.78 is 5.24. The number of allylic oxidation sites excluding steroid dienone is 3. The Labute approximate surface area is 143 Å². The van der Waals surface area contributed by atoms with E-state index in [-0.39, 0.29) is 12.5 Å². The lowest BCUT2D eigenvalue weighted by atomic mass is 9.85. The third-order valence-electron chi connectivity index (χ3n) is 4.16. The number of hydrogen-bond donors (Lipinski definition) is 2. The Kier molecular flexibility index (Phi) is 6.18. The molecule has 2 N–H and O–H groups in total. The van der Waals surface area contributed by atoms with Gasteiger partial charge in [0.2, 0.25) is 0 Å². The number of para-hydroxylation sites is 2. The van der Waals surface area contributed by atoms with Gasteiger partial charge < -0.3 is 10.1 Å². The summed E-state index contributed by atoms with van der Waals surface area (Å²) in [5.41, 5.74) is 6.58. The normalized spacial score (nSPS) is 18.7. The molecule has 0 saturated carbocycles. The van der Waals surface area contributed by atoms with E-state index in [2.05, 4.69) is 28.5 Å². The first-order chi connectivity index (χ1) is 11.5. The van der Waals surface area contributed by atoms with Crippen LogP contribution in [-0.2, 0) is 4.79 Å². The maximum Gasteiger partial charge on any atom is 0.259 e. The zero-order chi connectivity index (χ0) is 17.5. The maximum atomic E-state index is 12.0. The summed E-state index contributed by atoms with van der Waals surface area (Å²) >= 11 is 0. The molecule has 1 aliphatic carbocycles. The van der Waals surface area contributed by atoms with Crippen molar-refractivity contribution in [1.29, 1.82) is 0 Å². The molecule has 5 heteroatoms. The lowest BCUT2D eigenvalue weighted by molar-refractivity contribution is -0.119. The van der Waals surface area contributed by atoms with Crippen LogP contribution in [-0.4, -0.2) is 25.3 Å². The lowest BCUT2D eigenvalue weighted by Crippen LogP contribution is -2.28. The summed E-state index contributed by atoms with van der Waals surface area (Å²) in [4.78, 5) is 12.0. The van der Waals surface area contributed by atoms with Crippen LogP contribution in [0.4, 0.5) is 5.69 Å². The summed E-state index contributed by atoms with van der Waals surface area (Å²) in [6, 6.07) is 7.47. The van der Waals surface area contributed by atoms with E-state index >= 15 is 0 Å². The number of anilines is 1. The highest BCUT2D eigenvalue weighted by Gasteiger charge is 2.18. The lowest BCUT2D eigenvalue weighted by Gasteiger charge is -2.22. The van der Waals surface area contributed by atoms with Crippen molar-refractivity contribution in [3.63, 3.8) is 0 Å². The fourth-order valence-electron chi connectivity index (χ4n) is 2.56. The van der Waals surface area contributed by atoms with Crippen LogP contribution >= 0.6 is 0 Å². The molecular weight excluding hydrogens is 302 g/mol. The summed E-state index contributed by atoms with van der Waals surface area (Å²) in [7, 11) is 1.60. The quantitative estimate of drug-likeness (QED) is 0.621. The summed E-state index contributed by atoms with van der Waals surface area (Å²) in [6.45, 7) is 8.20. The Morgan fingerprint density at radius 1 is 1.42 bits per heavy atom. The number of hydrazone groups is 1. The van der Waals surface area contributed by atoms with Gasteiger partial charge in [-0.05, 0) is 50.3 Å². The summed E-state index contributed by atoms with van der Waals surface area (Å²) in [5, 5.41) is 7.34. The molecule has 0 saturated heterocycles. The van der Waals surface area contributed by atoms with Crippen LogP contribution in [0.2, 0.25) is 0 Å². The molecule has 2 rings (SSSR count). The van der Waals surface area contributed by atoms with Crippen molar-refractivity contribution in [2.75, 3.05) is 19.0 Å². The van der Waals surface area contributed by atoms with Crippen LogP contribution < -0.4 is 15.5 Å². The van der Waals surface area contributed by atoms with E-state index in [1.54, 1.807) is 7.11 Å². The monoisotopic (exact) mass is 327 g/mol. The van der Waals surface area contributed by atoms with Gasteiger partial charge in [0.25, 0.3) is 5.91 Å². The molecule has 0 unspecified atom stereocenters. The van der Waals surface area contributed by atoms with E-state index < -0.39 is 0 Å². The number of ether oxygens (including phenoxy) is 1. The molecule has 0 aromatic heterocycles. The Morgan fingerprint density at radius 2 is 2.17 bits per heavy atom. The number of amides is 1. The first-order valence-corrected chi connectivity index (χ1v) is 8.06. The zero-order valence-corrected chi connectivity index (χ0v) is 14.6. The molecule has 128 valence electrons. The number of nitrogens with zero attached hydrogens (tertiary/aromatic N) is 1. The van der Waals surface area contributed by atoms with E-state index in [0.29, 0.717) is 11.7 Å². The Hall–Kier alpha value is -2.56. The molecule has 0 aliphatic heterocycles. The van der Waals surface area contributed by atoms with Gasteiger partial charge in [0, 0.05) is 0 Å². The molecule has 5 nitrogen and oxygen atoms in total. The fourth-order valence-corrected chi connectivity index (χ4v) is 2.56. The molecule has 1 atom stereocenters. The summed E-state index contributed by atoms with van der Waals surface area (Å²) in [6.07, 6.45) is 3.96. The van der Waals surface area contributed by atoms with Crippen molar-refractivity contribution in [3.8, 4) is 5.75 Å². The molecule has 0 radical (unpaired) electrons. The Bertz CT molecular complexity index is 677. The number of hydrogen-bond acceptors (Lipinski definition) is 4. The van der Waals surface area contributed by atoms with Gasteiger partial charge in [-0.15, -0.1) is 0 Å². The minimum atomic E-state index is -0.196.